The molecule has 2 aromatic carbocycles. The average Bonchev–Trinajstić information content (AvgIpc) is 3.11. The van der Waals surface area contributed by atoms with Gasteiger partial charge in [-0.05, 0) is 49.9 Å². The molecule has 1 N–H and O–H groups in total. The first-order chi connectivity index (χ1) is 19.0. The number of hydrogen-bond donors (Lipinski definition) is 1. The highest BCUT2D eigenvalue weighted by Gasteiger charge is 2.20. The van der Waals surface area contributed by atoms with E-state index in [-0.39, 0.29) is 11.8 Å². The molecule has 0 unspecified atom stereocenters. The Morgan fingerprint density at radius 1 is 0.897 bits per heavy atom. The molecule has 0 saturated carbocycles. The zero-order valence-electron chi connectivity index (χ0n) is 23.3. The SMILES string of the molecule is COc1cc(C(=O)NCCCCCc2nc3ccccc3n2CC(=O)N2CCCCCC2)cc(OC)c1OC. The van der Waals surface area contributed by atoms with Gasteiger partial charge in [0.2, 0.25) is 11.7 Å². The van der Waals surface area contributed by atoms with Crippen LogP contribution in [0.2, 0.25) is 0 Å². The number of amides is 2. The number of rotatable bonds is 12. The minimum Gasteiger partial charge on any atom is -0.493 e. The Hall–Kier alpha value is -3.75. The number of carbonyl (C=O) groups is 2. The number of aryl methyl sites for hydroxylation is 1. The Balaban J connectivity index is 1.30. The summed E-state index contributed by atoms with van der Waals surface area (Å²) in [4.78, 5) is 32.7. The second kappa shape index (κ2) is 13.9. The number of ether oxygens (including phenoxy) is 3. The standard InChI is InChI=1S/C30H40N4O5/c1-37-25-19-22(20-26(38-2)29(25)39-3)30(36)31-16-10-6-7-15-27-32-23-13-8-9-14-24(23)34(27)21-28(35)33-17-11-4-5-12-18-33/h8-9,13-14,19-20H,4-7,10-12,15-18,21H2,1-3H3,(H,31,36). The van der Waals surface area contributed by atoms with Gasteiger partial charge in [-0.2, -0.15) is 0 Å². The minimum atomic E-state index is -0.192. The van der Waals surface area contributed by atoms with Crippen molar-refractivity contribution in [2.75, 3.05) is 41.0 Å². The van der Waals surface area contributed by atoms with Crippen LogP contribution in [0.1, 0.15) is 61.1 Å². The van der Waals surface area contributed by atoms with Gasteiger partial charge in [0.15, 0.2) is 11.5 Å². The van der Waals surface area contributed by atoms with E-state index in [9.17, 15) is 9.59 Å². The van der Waals surface area contributed by atoms with Crippen molar-refractivity contribution in [3.05, 3.63) is 47.8 Å². The van der Waals surface area contributed by atoms with E-state index >= 15 is 0 Å². The molecule has 2 amide bonds. The fraction of sp³-hybridized carbons (Fsp3) is 0.500. The number of methoxy groups -OCH3 is 3. The first-order valence-electron chi connectivity index (χ1n) is 13.9. The number of benzene rings is 2. The van der Waals surface area contributed by atoms with Crippen molar-refractivity contribution in [2.45, 2.75) is 57.9 Å². The van der Waals surface area contributed by atoms with Crippen LogP contribution in [0.4, 0.5) is 0 Å². The lowest BCUT2D eigenvalue weighted by atomic mass is 10.1. The van der Waals surface area contributed by atoms with Gasteiger partial charge in [-0.15, -0.1) is 0 Å². The lowest BCUT2D eigenvalue weighted by Crippen LogP contribution is -2.34. The topological polar surface area (TPSA) is 94.9 Å². The van der Waals surface area contributed by atoms with E-state index in [1.165, 1.54) is 34.2 Å². The molecule has 1 saturated heterocycles. The smallest absolute Gasteiger partial charge is 0.251 e. The van der Waals surface area contributed by atoms with E-state index in [2.05, 4.69) is 9.88 Å². The average molecular weight is 537 g/mol. The summed E-state index contributed by atoms with van der Waals surface area (Å²) in [5.74, 6) is 2.27. The summed E-state index contributed by atoms with van der Waals surface area (Å²) >= 11 is 0. The monoisotopic (exact) mass is 536 g/mol. The molecule has 9 nitrogen and oxygen atoms in total. The lowest BCUT2D eigenvalue weighted by molar-refractivity contribution is -0.131. The number of unbranched alkanes of at least 4 members (excludes halogenated alkanes) is 2. The second-order valence-electron chi connectivity index (χ2n) is 9.88. The summed E-state index contributed by atoms with van der Waals surface area (Å²) in [7, 11) is 4.58. The third-order valence-electron chi connectivity index (χ3n) is 7.28. The zero-order chi connectivity index (χ0) is 27.6. The van der Waals surface area contributed by atoms with Crippen LogP contribution in [0.5, 0.6) is 17.2 Å². The predicted octanol–water partition coefficient (Wildman–Crippen LogP) is 4.61. The normalized spacial score (nSPS) is 13.7. The highest BCUT2D eigenvalue weighted by Crippen LogP contribution is 2.38. The van der Waals surface area contributed by atoms with Crippen molar-refractivity contribution < 1.29 is 23.8 Å². The van der Waals surface area contributed by atoms with E-state index < -0.39 is 0 Å². The fourth-order valence-corrected chi connectivity index (χ4v) is 5.15. The second-order valence-corrected chi connectivity index (χ2v) is 9.88. The van der Waals surface area contributed by atoms with Crippen LogP contribution < -0.4 is 19.5 Å². The Labute approximate surface area is 230 Å². The first-order valence-corrected chi connectivity index (χ1v) is 13.9. The van der Waals surface area contributed by atoms with Crippen molar-refractivity contribution in [3.8, 4) is 17.2 Å². The Kier molecular flexibility index (Phi) is 10.1. The number of nitrogens with one attached hydrogen (secondary N) is 1. The molecule has 1 fully saturated rings. The minimum absolute atomic E-state index is 0.177. The highest BCUT2D eigenvalue weighted by molar-refractivity contribution is 5.95. The van der Waals surface area contributed by atoms with Crippen molar-refractivity contribution in [1.29, 1.82) is 0 Å². The van der Waals surface area contributed by atoms with Crippen LogP contribution in [0.3, 0.4) is 0 Å². The first kappa shape index (κ1) is 28.3. The predicted molar refractivity (Wildman–Crippen MR) is 151 cm³/mol. The Morgan fingerprint density at radius 3 is 2.26 bits per heavy atom. The number of likely N-dealkylation sites (tertiary alicyclic amines) is 1. The van der Waals surface area contributed by atoms with Gasteiger partial charge in [-0.3, -0.25) is 9.59 Å². The molecule has 39 heavy (non-hydrogen) atoms. The molecule has 9 heteroatoms. The zero-order valence-corrected chi connectivity index (χ0v) is 23.3. The van der Waals surface area contributed by atoms with Crippen molar-refractivity contribution in [1.82, 2.24) is 19.8 Å². The molecule has 1 aliphatic rings. The maximum absolute atomic E-state index is 13.1. The molecule has 1 aromatic heterocycles. The molecular formula is C30H40N4O5. The van der Waals surface area contributed by atoms with Gasteiger partial charge in [0.25, 0.3) is 5.91 Å². The van der Waals surface area contributed by atoms with Crippen LogP contribution in [0.25, 0.3) is 11.0 Å². The van der Waals surface area contributed by atoms with E-state index in [1.807, 2.05) is 29.2 Å². The molecule has 0 bridgehead atoms. The van der Waals surface area contributed by atoms with E-state index in [0.29, 0.717) is 35.9 Å². The van der Waals surface area contributed by atoms with Gasteiger partial charge >= 0.3 is 0 Å². The largest absolute Gasteiger partial charge is 0.493 e. The van der Waals surface area contributed by atoms with Gasteiger partial charge in [0.1, 0.15) is 12.4 Å². The summed E-state index contributed by atoms with van der Waals surface area (Å²) in [6, 6.07) is 11.3. The fourth-order valence-electron chi connectivity index (χ4n) is 5.15. The maximum Gasteiger partial charge on any atom is 0.251 e. The van der Waals surface area contributed by atoms with Gasteiger partial charge in [0, 0.05) is 31.6 Å². The van der Waals surface area contributed by atoms with E-state index in [0.717, 1.165) is 68.5 Å². The van der Waals surface area contributed by atoms with Gasteiger partial charge in [0.05, 0.1) is 32.4 Å². The van der Waals surface area contributed by atoms with Gasteiger partial charge < -0.3 is 29.0 Å². The lowest BCUT2D eigenvalue weighted by Gasteiger charge is -2.21. The van der Waals surface area contributed by atoms with Crippen LogP contribution in [0, 0.1) is 0 Å². The van der Waals surface area contributed by atoms with Crippen LogP contribution >= 0.6 is 0 Å². The number of aromatic nitrogens is 2. The van der Waals surface area contributed by atoms with E-state index in [1.54, 1.807) is 12.1 Å². The third-order valence-corrected chi connectivity index (χ3v) is 7.28. The summed E-state index contributed by atoms with van der Waals surface area (Å²) in [5, 5.41) is 2.98. The molecule has 2 heterocycles. The summed E-state index contributed by atoms with van der Waals surface area (Å²) < 4.78 is 18.1. The number of carbonyl (C=O) groups excluding carboxylic acids is 2. The molecule has 210 valence electrons. The maximum atomic E-state index is 13.1. The molecule has 0 atom stereocenters. The number of imidazole rings is 1. The van der Waals surface area contributed by atoms with Crippen LogP contribution in [0.15, 0.2) is 36.4 Å². The number of fused-ring (bicyclic) bond motifs is 1. The summed E-state index contributed by atoms with van der Waals surface area (Å²) in [6.45, 7) is 2.59. The van der Waals surface area contributed by atoms with Gasteiger partial charge in [-0.1, -0.05) is 31.4 Å². The van der Waals surface area contributed by atoms with Crippen LogP contribution in [-0.4, -0.2) is 67.2 Å². The highest BCUT2D eigenvalue weighted by atomic mass is 16.5. The summed E-state index contributed by atoms with van der Waals surface area (Å²) in [6.07, 6.45) is 8.03. The van der Waals surface area contributed by atoms with E-state index in [4.69, 9.17) is 19.2 Å². The molecule has 1 aliphatic heterocycles. The molecular weight excluding hydrogens is 496 g/mol. The third kappa shape index (κ3) is 7.02. The number of nitrogens with zero attached hydrogens (tertiary/aromatic N) is 3. The number of hydrogen-bond acceptors (Lipinski definition) is 6. The summed E-state index contributed by atoms with van der Waals surface area (Å²) in [5.41, 5.74) is 2.38. The molecule has 0 aliphatic carbocycles. The molecule has 0 radical (unpaired) electrons. The van der Waals surface area contributed by atoms with Crippen molar-refractivity contribution in [2.24, 2.45) is 0 Å². The Bertz CT molecular complexity index is 1240. The molecule has 4 rings (SSSR count). The quantitative estimate of drug-likeness (QED) is 0.340. The van der Waals surface area contributed by atoms with Gasteiger partial charge in [-0.25, -0.2) is 4.98 Å². The van der Waals surface area contributed by atoms with Crippen molar-refractivity contribution >= 4 is 22.8 Å². The Morgan fingerprint density at radius 2 is 1.59 bits per heavy atom. The van der Waals surface area contributed by atoms with Crippen LogP contribution in [-0.2, 0) is 17.8 Å². The molecule has 0 spiro atoms. The van der Waals surface area contributed by atoms with Crippen molar-refractivity contribution in [3.63, 3.8) is 0 Å². The number of para-hydroxylation sites is 2. The molecule has 3 aromatic rings.